The van der Waals surface area contributed by atoms with Gasteiger partial charge in [-0.15, -0.1) is 0 Å². The minimum absolute atomic E-state index is 0.503. The highest BCUT2D eigenvalue weighted by molar-refractivity contribution is 6.36. The number of hydrogen-bond donors (Lipinski definition) is 0. The maximum absolute atomic E-state index is 5.93. The van der Waals surface area contributed by atoms with Crippen LogP contribution in [0.15, 0.2) is 24.4 Å². The van der Waals surface area contributed by atoms with Crippen molar-refractivity contribution in [3.63, 3.8) is 0 Å². The van der Waals surface area contributed by atoms with Gasteiger partial charge in [-0.1, -0.05) is 23.2 Å². The van der Waals surface area contributed by atoms with Crippen LogP contribution >= 0.6 is 23.2 Å². The summed E-state index contributed by atoms with van der Waals surface area (Å²) in [5.41, 5.74) is 1.12. The van der Waals surface area contributed by atoms with E-state index in [1.807, 2.05) is 25.1 Å². The SMILES string of the molecule is Cc1cc(Cl)cc2c(Cl)nccc12. The third-order valence-electron chi connectivity index (χ3n) is 2.00. The summed E-state index contributed by atoms with van der Waals surface area (Å²) < 4.78 is 0. The Balaban J connectivity index is 2.94. The van der Waals surface area contributed by atoms with Crippen LogP contribution in [0.1, 0.15) is 5.56 Å². The van der Waals surface area contributed by atoms with Crippen molar-refractivity contribution in [3.8, 4) is 0 Å². The molecule has 0 aliphatic carbocycles. The second kappa shape index (κ2) is 3.17. The monoisotopic (exact) mass is 211 g/mol. The normalized spacial score (nSPS) is 10.7. The minimum atomic E-state index is 0.503. The van der Waals surface area contributed by atoms with E-state index in [4.69, 9.17) is 23.2 Å². The summed E-state index contributed by atoms with van der Waals surface area (Å²) in [5.74, 6) is 0. The number of hydrogen-bond acceptors (Lipinski definition) is 1. The minimum Gasteiger partial charge on any atom is -0.244 e. The summed E-state index contributed by atoms with van der Waals surface area (Å²) in [6.45, 7) is 2.00. The molecule has 3 heteroatoms. The van der Waals surface area contributed by atoms with E-state index in [2.05, 4.69) is 4.98 Å². The van der Waals surface area contributed by atoms with Crippen molar-refractivity contribution in [2.75, 3.05) is 0 Å². The van der Waals surface area contributed by atoms with Gasteiger partial charge in [0, 0.05) is 16.6 Å². The molecule has 0 fully saturated rings. The van der Waals surface area contributed by atoms with Gasteiger partial charge in [-0.25, -0.2) is 4.98 Å². The molecule has 66 valence electrons. The fourth-order valence-corrected chi connectivity index (χ4v) is 1.88. The smallest absolute Gasteiger partial charge is 0.136 e. The highest BCUT2D eigenvalue weighted by Crippen LogP contribution is 2.27. The maximum Gasteiger partial charge on any atom is 0.136 e. The average molecular weight is 212 g/mol. The lowest BCUT2D eigenvalue weighted by atomic mass is 10.1. The third kappa shape index (κ3) is 1.50. The standard InChI is InChI=1S/C10H7Cl2N/c1-6-4-7(11)5-9-8(6)2-3-13-10(9)12/h2-5H,1H3. The fourth-order valence-electron chi connectivity index (χ4n) is 1.39. The van der Waals surface area contributed by atoms with Crippen LogP contribution in [-0.4, -0.2) is 4.98 Å². The maximum atomic E-state index is 5.93. The summed E-state index contributed by atoms with van der Waals surface area (Å²) in [4.78, 5) is 4.00. The van der Waals surface area contributed by atoms with Gasteiger partial charge in [0.1, 0.15) is 5.15 Å². The second-order valence-corrected chi connectivity index (χ2v) is 3.71. The summed E-state index contributed by atoms with van der Waals surface area (Å²) in [6, 6.07) is 5.69. The zero-order valence-electron chi connectivity index (χ0n) is 7.01. The van der Waals surface area contributed by atoms with Crippen molar-refractivity contribution in [3.05, 3.63) is 40.1 Å². The molecule has 1 aromatic carbocycles. The van der Waals surface area contributed by atoms with E-state index in [-0.39, 0.29) is 0 Å². The number of aromatic nitrogens is 1. The van der Waals surface area contributed by atoms with Crippen LogP contribution in [0.4, 0.5) is 0 Å². The zero-order valence-corrected chi connectivity index (χ0v) is 8.52. The van der Waals surface area contributed by atoms with E-state index < -0.39 is 0 Å². The molecular formula is C10H7Cl2N. The van der Waals surface area contributed by atoms with Gasteiger partial charge in [-0.3, -0.25) is 0 Å². The number of halogens is 2. The second-order valence-electron chi connectivity index (χ2n) is 2.92. The first-order chi connectivity index (χ1) is 6.18. The van der Waals surface area contributed by atoms with Crippen molar-refractivity contribution in [2.45, 2.75) is 6.92 Å². The molecule has 0 bridgehead atoms. The fraction of sp³-hybridized carbons (Fsp3) is 0.100. The van der Waals surface area contributed by atoms with Gasteiger partial charge in [-0.05, 0) is 36.1 Å². The van der Waals surface area contributed by atoms with E-state index in [9.17, 15) is 0 Å². The van der Waals surface area contributed by atoms with E-state index >= 15 is 0 Å². The van der Waals surface area contributed by atoms with Crippen LogP contribution in [0, 0.1) is 6.92 Å². The van der Waals surface area contributed by atoms with E-state index in [1.165, 1.54) is 0 Å². The van der Waals surface area contributed by atoms with Crippen LogP contribution in [0.5, 0.6) is 0 Å². The van der Waals surface area contributed by atoms with Crippen LogP contribution < -0.4 is 0 Å². The molecule has 2 rings (SSSR count). The van der Waals surface area contributed by atoms with Gasteiger partial charge in [0.25, 0.3) is 0 Å². The molecule has 0 saturated carbocycles. The number of aryl methyl sites for hydroxylation is 1. The highest BCUT2D eigenvalue weighted by Gasteiger charge is 2.03. The molecule has 1 nitrogen and oxygen atoms in total. The Morgan fingerprint density at radius 2 is 1.92 bits per heavy atom. The Labute approximate surface area is 86.3 Å². The molecule has 0 aliphatic heterocycles. The number of pyridine rings is 1. The first-order valence-corrected chi connectivity index (χ1v) is 4.64. The summed E-state index contributed by atoms with van der Waals surface area (Å²) >= 11 is 11.8. The van der Waals surface area contributed by atoms with Gasteiger partial charge in [0.2, 0.25) is 0 Å². The van der Waals surface area contributed by atoms with Crippen LogP contribution in [0.2, 0.25) is 10.2 Å². The zero-order chi connectivity index (χ0) is 9.42. The number of rotatable bonds is 0. The first-order valence-electron chi connectivity index (χ1n) is 3.89. The lowest BCUT2D eigenvalue weighted by molar-refractivity contribution is 1.35. The van der Waals surface area contributed by atoms with Crippen molar-refractivity contribution >= 4 is 34.0 Å². The number of nitrogens with zero attached hydrogens (tertiary/aromatic N) is 1. The third-order valence-corrected chi connectivity index (χ3v) is 2.52. The molecule has 0 saturated heterocycles. The summed E-state index contributed by atoms with van der Waals surface area (Å²) in [7, 11) is 0. The van der Waals surface area contributed by atoms with Crippen LogP contribution in [0.3, 0.4) is 0 Å². The van der Waals surface area contributed by atoms with Crippen molar-refractivity contribution in [1.29, 1.82) is 0 Å². The summed E-state index contributed by atoms with van der Waals surface area (Å²) in [5, 5.41) is 3.21. The van der Waals surface area contributed by atoms with Gasteiger partial charge in [0.15, 0.2) is 0 Å². The number of fused-ring (bicyclic) bond motifs is 1. The molecule has 0 amide bonds. The lowest BCUT2D eigenvalue weighted by Crippen LogP contribution is -1.82. The molecule has 0 spiro atoms. The van der Waals surface area contributed by atoms with Crippen LogP contribution in [0.25, 0.3) is 10.8 Å². The van der Waals surface area contributed by atoms with E-state index in [1.54, 1.807) is 6.20 Å². The Bertz CT molecular complexity index is 466. The molecule has 0 unspecified atom stereocenters. The Hall–Kier alpha value is -0.790. The van der Waals surface area contributed by atoms with Gasteiger partial charge >= 0.3 is 0 Å². The Kier molecular flexibility index (Phi) is 2.14. The van der Waals surface area contributed by atoms with Crippen molar-refractivity contribution < 1.29 is 0 Å². The largest absolute Gasteiger partial charge is 0.244 e. The quantitative estimate of drug-likeness (QED) is 0.604. The molecule has 0 radical (unpaired) electrons. The highest BCUT2D eigenvalue weighted by atomic mass is 35.5. The van der Waals surface area contributed by atoms with Crippen LogP contribution in [-0.2, 0) is 0 Å². The predicted molar refractivity (Wildman–Crippen MR) is 56.5 cm³/mol. The molecule has 2 aromatic rings. The first kappa shape index (κ1) is 8.79. The topological polar surface area (TPSA) is 12.9 Å². The molecule has 1 aromatic heterocycles. The molecular weight excluding hydrogens is 205 g/mol. The van der Waals surface area contributed by atoms with E-state index in [0.717, 1.165) is 16.3 Å². The summed E-state index contributed by atoms with van der Waals surface area (Å²) in [6.07, 6.45) is 1.70. The van der Waals surface area contributed by atoms with E-state index in [0.29, 0.717) is 10.2 Å². The molecule has 0 N–H and O–H groups in total. The molecule has 1 heterocycles. The van der Waals surface area contributed by atoms with Crippen molar-refractivity contribution in [1.82, 2.24) is 4.98 Å². The van der Waals surface area contributed by atoms with Gasteiger partial charge < -0.3 is 0 Å². The predicted octanol–water partition coefficient (Wildman–Crippen LogP) is 3.85. The van der Waals surface area contributed by atoms with Gasteiger partial charge in [-0.2, -0.15) is 0 Å². The Morgan fingerprint density at radius 3 is 2.69 bits per heavy atom. The van der Waals surface area contributed by atoms with Crippen molar-refractivity contribution in [2.24, 2.45) is 0 Å². The average Bonchev–Trinajstić information content (AvgIpc) is 2.07. The molecule has 13 heavy (non-hydrogen) atoms. The number of benzene rings is 1. The lowest BCUT2D eigenvalue weighted by Gasteiger charge is -2.03. The Morgan fingerprint density at radius 1 is 1.15 bits per heavy atom. The van der Waals surface area contributed by atoms with Gasteiger partial charge in [0.05, 0.1) is 0 Å². The molecule has 0 atom stereocenters. The molecule has 0 aliphatic rings.